The second-order valence-corrected chi connectivity index (χ2v) is 5.40. The molecule has 1 aromatic rings. The number of hydrogen-bond donors (Lipinski definition) is 1. The van der Waals surface area contributed by atoms with Gasteiger partial charge in [0.1, 0.15) is 5.75 Å². The number of halogens is 3. The maximum absolute atomic E-state index is 12.2. The van der Waals surface area contributed by atoms with Gasteiger partial charge in [0.15, 0.2) is 0 Å². The van der Waals surface area contributed by atoms with E-state index in [4.69, 9.17) is 4.74 Å². The molecule has 1 atom stereocenters. The Morgan fingerprint density at radius 1 is 1.15 bits per heavy atom. The summed E-state index contributed by atoms with van der Waals surface area (Å²) < 4.78 is 41.9. The minimum Gasteiger partial charge on any atom is -0.496 e. The summed E-state index contributed by atoms with van der Waals surface area (Å²) in [7, 11) is 1.49. The highest BCUT2D eigenvalue weighted by Gasteiger charge is 2.32. The number of alkyl halides is 3. The van der Waals surface area contributed by atoms with Crippen molar-refractivity contribution in [3.8, 4) is 5.75 Å². The van der Waals surface area contributed by atoms with Crippen molar-refractivity contribution in [1.82, 2.24) is 0 Å². The lowest BCUT2D eigenvalue weighted by atomic mass is 9.86. The van der Waals surface area contributed by atoms with Crippen LogP contribution in [-0.4, -0.2) is 18.4 Å². The predicted octanol–water partition coefficient (Wildman–Crippen LogP) is 4.25. The third-order valence-electron chi connectivity index (χ3n) is 3.33. The lowest BCUT2D eigenvalue weighted by molar-refractivity contribution is -0.137. The summed E-state index contributed by atoms with van der Waals surface area (Å²) in [6.07, 6.45) is -5.17. The first-order valence-corrected chi connectivity index (χ1v) is 6.51. The van der Waals surface area contributed by atoms with E-state index in [1.807, 2.05) is 19.9 Å². The molecule has 0 bridgehead atoms. The maximum atomic E-state index is 12.2. The van der Waals surface area contributed by atoms with Gasteiger partial charge in [-0.05, 0) is 50.8 Å². The summed E-state index contributed by atoms with van der Waals surface area (Å²) >= 11 is 0. The molecule has 0 spiro atoms. The average molecular weight is 290 g/mol. The SMILES string of the molecule is COc1cc(C)cc(C)c1C(C)(O)CCCC(F)(F)F. The van der Waals surface area contributed by atoms with E-state index in [2.05, 4.69) is 0 Å². The zero-order chi connectivity index (χ0) is 15.6. The third kappa shape index (κ3) is 4.40. The van der Waals surface area contributed by atoms with E-state index >= 15 is 0 Å². The molecule has 1 N–H and O–H groups in total. The molecular formula is C15H21F3O2. The van der Waals surface area contributed by atoms with Gasteiger partial charge in [-0.1, -0.05) is 6.07 Å². The van der Waals surface area contributed by atoms with Gasteiger partial charge in [-0.3, -0.25) is 0 Å². The summed E-state index contributed by atoms with van der Waals surface area (Å²) in [4.78, 5) is 0. The molecule has 0 amide bonds. The van der Waals surface area contributed by atoms with Crippen LogP contribution in [0.25, 0.3) is 0 Å². The van der Waals surface area contributed by atoms with Crippen molar-refractivity contribution in [2.24, 2.45) is 0 Å². The van der Waals surface area contributed by atoms with E-state index < -0.39 is 18.2 Å². The molecule has 0 saturated heterocycles. The van der Waals surface area contributed by atoms with E-state index in [0.29, 0.717) is 11.3 Å². The second-order valence-electron chi connectivity index (χ2n) is 5.40. The van der Waals surface area contributed by atoms with Crippen molar-refractivity contribution >= 4 is 0 Å². The largest absolute Gasteiger partial charge is 0.496 e. The first-order valence-electron chi connectivity index (χ1n) is 6.51. The molecule has 2 nitrogen and oxygen atoms in total. The lowest BCUT2D eigenvalue weighted by Crippen LogP contribution is -2.24. The van der Waals surface area contributed by atoms with Crippen LogP contribution in [0.4, 0.5) is 13.2 Å². The van der Waals surface area contributed by atoms with Crippen molar-refractivity contribution in [3.05, 3.63) is 28.8 Å². The molecule has 1 rings (SSSR count). The Kier molecular flexibility index (Phi) is 5.08. The van der Waals surface area contributed by atoms with Gasteiger partial charge in [0.2, 0.25) is 0 Å². The van der Waals surface area contributed by atoms with Gasteiger partial charge in [-0.2, -0.15) is 13.2 Å². The second kappa shape index (κ2) is 6.04. The highest BCUT2D eigenvalue weighted by molar-refractivity contribution is 5.46. The van der Waals surface area contributed by atoms with Crippen LogP contribution < -0.4 is 4.74 Å². The molecule has 0 aliphatic rings. The minimum atomic E-state index is -4.19. The fraction of sp³-hybridized carbons (Fsp3) is 0.600. The number of hydrogen-bond acceptors (Lipinski definition) is 2. The molecule has 0 aromatic heterocycles. The summed E-state index contributed by atoms with van der Waals surface area (Å²) in [6, 6.07) is 3.66. The van der Waals surface area contributed by atoms with Crippen molar-refractivity contribution < 1.29 is 23.0 Å². The monoisotopic (exact) mass is 290 g/mol. The van der Waals surface area contributed by atoms with Crippen molar-refractivity contribution in [3.63, 3.8) is 0 Å². The zero-order valence-electron chi connectivity index (χ0n) is 12.3. The number of benzene rings is 1. The summed E-state index contributed by atoms with van der Waals surface area (Å²) in [5, 5.41) is 10.5. The van der Waals surface area contributed by atoms with Crippen LogP contribution in [0.3, 0.4) is 0 Å². The van der Waals surface area contributed by atoms with Crippen LogP contribution in [-0.2, 0) is 5.60 Å². The molecule has 5 heteroatoms. The molecule has 0 aliphatic heterocycles. The van der Waals surface area contributed by atoms with Gasteiger partial charge >= 0.3 is 6.18 Å². The Morgan fingerprint density at radius 3 is 2.25 bits per heavy atom. The molecule has 0 radical (unpaired) electrons. The standard InChI is InChI=1S/C15H21F3O2/c1-10-8-11(2)13(12(9-10)20-4)14(3,19)6-5-7-15(16,17)18/h8-9,19H,5-7H2,1-4H3. The van der Waals surface area contributed by atoms with Crippen LogP contribution in [0, 0.1) is 13.8 Å². The Bertz CT molecular complexity index is 465. The van der Waals surface area contributed by atoms with Crippen LogP contribution in [0.5, 0.6) is 5.75 Å². The van der Waals surface area contributed by atoms with Gasteiger partial charge in [-0.15, -0.1) is 0 Å². The van der Waals surface area contributed by atoms with Gasteiger partial charge in [-0.25, -0.2) is 0 Å². The van der Waals surface area contributed by atoms with Crippen molar-refractivity contribution in [1.29, 1.82) is 0 Å². The summed E-state index contributed by atoms with van der Waals surface area (Å²) in [5.74, 6) is 0.513. The van der Waals surface area contributed by atoms with Gasteiger partial charge < -0.3 is 9.84 Å². The van der Waals surface area contributed by atoms with E-state index in [1.165, 1.54) is 14.0 Å². The smallest absolute Gasteiger partial charge is 0.389 e. The van der Waals surface area contributed by atoms with E-state index in [9.17, 15) is 18.3 Å². The molecule has 0 aliphatic carbocycles. The highest BCUT2D eigenvalue weighted by Crippen LogP contribution is 2.38. The molecule has 20 heavy (non-hydrogen) atoms. The van der Waals surface area contributed by atoms with Crippen LogP contribution in [0.1, 0.15) is 42.9 Å². The van der Waals surface area contributed by atoms with Crippen LogP contribution in [0.15, 0.2) is 12.1 Å². The third-order valence-corrected chi connectivity index (χ3v) is 3.33. The Balaban J connectivity index is 2.97. The molecule has 0 fully saturated rings. The summed E-state index contributed by atoms with van der Waals surface area (Å²) in [5.41, 5.74) is 1.02. The first kappa shape index (κ1) is 16.8. The van der Waals surface area contributed by atoms with E-state index in [0.717, 1.165) is 11.1 Å². The molecular weight excluding hydrogens is 269 g/mol. The highest BCUT2D eigenvalue weighted by atomic mass is 19.4. The molecule has 0 saturated carbocycles. The number of methoxy groups -OCH3 is 1. The Hall–Kier alpha value is -1.23. The molecule has 0 heterocycles. The van der Waals surface area contributed by atoms with E-state index in [1.54, 1.807) is 6.07 Å². The van der Waals surface area contributed by atoms with E-state index in [-0.39, 0.29) is 12.8 Å². The first-order chi connectivity index (χ1) is 9.07. The summed E-state index contributed by atoms with van der Waals surface area (Å²) in [6.45, 7) is 5.25. The van der Waals surface area contributed by atoms with Crippen LogP contribution in [0.2, 0.25) is 0 Å². The van der Waals surface area contributed by atoms with Gasteiger partial charge in [0, 0.05) is 12.0 Å². The molecule has 1 unspecified atom stereocenters. The minimum absolute atomic E-state index is 0.0345. The zero-order valence-corrected chi connectivity index (χ0v) is 12.3. The quantitative estimate of drug-likeness (QED) is 0.878. The Labute approximate surface area is 117 Å². The van der Waals surface area contributed by atoms with Gasteiger partial charge in [0.25, 0.3) is 0 Å². The fourth-order valence-corrected chi connectivity index (χ4v) is 2.54. The number of ether oxygens (including phenoxy) is 1. The van der Waals surface area contributed by atoms with Gasteiger partial charge in [0.05, 0.1) is 12.7 Å². The number of aryl methyl sites for hydroxylation is 2. The van der Waals surface area contributed by atoms with Crippen molar-refractivity contribution in [2.75, 3.05) is 7.11 Å². The average Bonchev–Trinajstić information content (AvgIpc) is 2.24. The Morgan fingerprint density at radius 2 is 1.75 bits per heavy atom. The number of rotatable bonds is 5. The number of aliphatic hydroxyl groups is 1. The predicted molar refractivity (Wildman–Crippen MR) is 71.9 cm³/mol. The molecule has 1 aromatic carbocycles. The lowest BCUT2D eigenvalue weighted by Gasteiger charge is -2.28. The normalized spacial score (nSPS) is 15.0. The molecule has 114 valence electrons. The fourth-order valence-electron chi connectivity index (χ4n) is 2.54. The maximum Gasteiger partial charge on any atom is 0.389 e. The van der Waals surface area contributed by atoms with Crippen molar-refractivity contribution in [2.45, 2.75) is 51.8 Å². The topological polar surface area (TPSA) is 29.5 Å². The van der Waals surface area contributed by atoms with Crippen LogP contribution >= 0.6 is 0 Å².